The molecule has 1 aromatic heterocycles. The predicted molar refractivity (Wildman–Crippen MR) is 162 cm³/mol. The summed E-state index contributed by atoms with van der Waals surface area (Å²) in [7, 11) is 4.51. The van der Waals surface area contributed by atoms with Crippen molar-refractivity contribution in [2.24, 2.45) is 4.99 Å². The van der Waals surface area contributed by atoms with E-state index in [-0.39, 0.29) is 17.7 Å². The number of fused-ring (bicyclic) bond motifs is 1. The van der Waals surface area contributed by atoms with Gasteiger partial charge in [0.15, 0.2) is 22.9 Å². The largest absolute Gasteiger partial charge is 0.493 e. The molecule has 4 aromatic rings. The van der Waals surface area contributed by atoms with E-state index in [1.54, 1.807) is 55.5 Å². The highest BCUT2D eigenvalue weighted by Crippen LogP contribution is 2.42. The van der Waals surface area contributed by atoms with Gasteiger partial charge in [-0.25, -0.2) is 4.99 Å². The van der Waals surface area contributed by atoms with E-state index in [9.17, 15) is 9.59 Å². The quantitative estimate of drug-likeness (QED) is 0.312. The summed E-state index contributed by atoms with van der Waals surface area (Å²) >= 11 is 1.19. The van der Waals surface area contributed by atoms with E-state index < -0.39 is 11.9 Å². The maximum Gasteiger partial charge on any atom is 0.271 e. The number of nitrogens with one attached hydrogen (secondary N) is 1. The molecule has 0 radical (unpaired) electrons. The van der Waals surface area contributed by atoms with Crippen molar-refractivity contribution >= 4 is 29.0 Å². The van der Waals surface area contributed by atoms with Crippen LogP contribution >= 0.6 is 11.3 Å². The Morgan fingerprint density at radius 2 is 1.70 bits per heavy atom. The summed E-state index contributed by atoms with van der Waals surface area (Å²) < 4.78 is 24.2. The number of thiazole rings is 1. The number of methoxy groups -OCH3 is 3. The van der Waals surface area contributed by atoms with Crippen molar-refractivity contribution in [1.82, 2.24) is 4.57 Å². The first kappa shape index (κ1) is 29.2. The Bertz CT molecular complexity index is 1910. The molecular formula is C32H28N4O6S. The molecule has 43 heavy (non-hydrogen) atoms. The predicted octanol–water partition coefficient (Wildman–Crippen LogP) is 3.80. The van der Waals surface area contributed by atoms with Crippen molar-refractivity contribution in [1.29, 1.82) is 5.26 Å². The zero-order valence-corrected chi connectivity index (χ0v) is 24.7. The molecule has 0 bridgehead atoms. The van der Waals surface area contributed by atoms with E-state index in [0.717, 1.165) is 0 Å². The number of hydrogen-bond acceptors (Lipinski definition) is 9. The van der Waals surface area contributed by atoms with Crippen LogP contribution < -0.4 is 39.2 Å². The van der Waals surface area contributed by atoms with Crippen molar-refractivity contribution in [3.8, 4) is 29.1 Å². The average molecular weight is 597 g/mol. The maximum atomic E-state index is 14.1. The third-order valence-electron chi connectivity index (χ3n) is 6.80. The fourth-order valence-corrected chi connectivity index (χ4v) is 5.93. The molecule has 0 unspecified atom stereocenters. The highest BCUT2D eigenvalue weighted by atomic mass is 32.1. The first-order valence-electron chi connectivity index (χ1n) is 13.2. The smallest absolute Gasteiger partial charge is 0.271 e. The monoisotopic (exact) mass is 596 g/mol. The Balaban J connectivity index is 1.73. The summed E-state index contributed by atoms with van der Waals surface area (Å²) in [5.74, 6) is 1.19. The molecule has 0 aliphatic carbocycles. The van der Waals surface area contributed by atoms with Gasteiger partial charge >= 0.3 is 0 Å². The molecule has 11 heteroatoms. The minimum absolute atomic E-state index is 0.133. The van der Waals surface area contributed by atoms with Crippen LogP contribution in [0.2, 0.25) is 0 Å². The molecule has 0 saturated carbocycles. The summed E-state index contributed by atoms with van der Waals surface area (Å²) in [5.41, 5.74) is 2.18. The highest BCUT2D eigenvalue weighted by Gasteiger charge is 2.34. The molecular weight excluding hydrogens is 568 g/mol. The van der Waals surface area contributed by atoms with Gasteiger partial charge in [0, 0.05) is 11.3 Å². The summed E-state index contributed by atoms with van der Waals surface area (Å²) in [6.45, 7) is 1.61. The summed E-state index contributed by atoms with van der Waals surface area (Å²) in [4.78, 5) is 33.1. The molecule has 1 atom stereocenters. The zero-order valence-electron chi connectivity index (χ0n) is 23.9. The van der Waals surface area contributed by atoms with Gasteiger partial charge < -0.3 is 24.3 Å². The lowest BCUT2D eigenvalue weighted by Gasteiger charge is -2.26. The van der Waals surface area contributed by atoms with Crippen LogP contribution in [-0.2, 0) is 4.79 Å². The first-order chi connectivity index (χ1) is 20.9. The molecule has 5 rings (SSSR count). The first-order valence-corrected chi connectivity index (χ1v) is 14.0. The van der Waals surface area contributed by atoms with Crippen LogP contribution in [-0.4, -0.2) is 38.4 Å². The molecule has 0 spiro atoms. The summed E-state index contributed by atoms with van der Waals surface area (Å²) in [6, 6.07) is 20.7. The Morgan fingerprint density at radius 3 is 2.35 bits per heavy atom. The third kappa shape index (κ3) is 5.73. The molecule has 1 aliphatic rings. The number of anilines is 1. The number of nitriles is 1. The lowest BCUT2D eigenvalue weighted by Crippen LogP contribution is -2.40. The van der Waals surface area contributed by atoms with Crippen LogP contribution in [0.4, 0.5) is 5.69 Å². The van der Waals surface area contributed by atoms with Crippen molar-refractivity contribution < 1.29 is 23.7 Å². The molecule has 0 fully saturated rings. The average Bonchev–Trinajstić information content (AvgIpc) is 3.33. The van der Waals surface area contributed by atoms with Crippen LogP contribution in [0.25, 0.3) is 6.08 Å². The molecule has 3 aromatic carbocycles. The molecule has 218 valence electrons. The van der Waals surface area contributed by atoms with E-state index in [2.05, 4.69) is 5.32 Å². The van der Waals surface area contributed by atoms with Gasteiger partial charge in [0.2, 0.25) is 5.75 Å². The number of para-hydroxylation sites is 2. The van der Waals surface area contributed by atoms with E-state index in [4.69, 9.17) is 29.2 Å². The van der Waals surface area contributed by atoms with E-state index in [0.29, 0.717) is 54.8 Å². The standard InChI is InChI=1S/C32H28N4O6S/c1-19-27(30(37)35-22-11-6-5-7-12-22)28(21-16-24(39-2)29(41-4)25(17-21)40-3)36-31(38)26(43-32(36)34-19)18-20-10-8-9-13-23(20)42-15-14-33/h5-13,16-18,28H,15H2,1-4H3,(H,35,37)/b26-18-/t28-/m0/s1. The maximum absolute atomic E-state index is 14.1. The minimum atomic E-state index is -0.874. The molecule has 10 nitrogen and oxygen atoms in total. The topological polar surface area (TPSA) is 124 Å². The van der Waals surface area contributed by atoms with E-state index in [1.165, 1.54) is 37.2 Å². The van der Waals surface area contributed by atoms with Crippen LogP contribution in [0, 0.1) is 11.3 Å². The number of rotatable bonds is 9. The fraction of sp³-hybridized carbons (Fsp3) is 0.188. The van der Waals surface area contributed by atoms with Gasteiger partial charge in [-0.1, -0.05) is 47.7 Å². The molecule has 0 saturated heterocycles. The van der Waals surface area contributed by atoms with Gasteiger partial charge in [-0.15, -0.1) is 0 Å². The number of ether oxygens (including phenoxy) is 4. The van der Waals surface area contributed by atoms with E-state index in [1.807, 2.05) is 30.3 Å². The van der Waals surface area contributed by atoms with Gasteiger partial charge in [-0.2, -0.15) is 5.26 Å². The zero-order chi connectivity index (χ0) is 30.5. The van der Waals surface area contributed by atoms with E-state index >= 15 is 0 Å². The Labute approximate surface area is 251 Å². The number of amides is 1. The molecule has 1 N–H and O–H groups in total. The highest BCUT2D eigenvalue weighted by molar-refractivity contribution is 7.07. The van der Waals surface area contributed by atoms with Crippen LogP contribution in [0.5, 0.6) is 23.0 Å². The van der Waals surface area contributed by atoms with Crippen molar-refractivity contribution in [3.05, 3.63) is 109 Å². The number of benzene rings is 3. The number of hydrogen-bond donors (Lipinski definition) is 1. The van der Waals surface area contributed by atoms with Crippen molar-refractivity contribution in [2.45, 2.75) is 13.0 Å². The second kappa shape index (κ2) is 12.7. The SMILES string of the molecule is COc1cc([C@H]2C(C(=O)Nc3ccccc3)=C(C)N=c3s/c(=C\c4ccccc4OCC#N)c(=O)n32)cc(OC)c1OC. The van der Waals surface area contributed by atoms with Gasteiger partial charge in [0.25, 0.3) is 11.5 Å². The van der Waals surface area contributed by atoms with Gasteiger partial charge in [-0.3, -0.25) is 14.2 Å². The number of aromatic nitrogens is 1. The number of carbonyl (C=O) groups excluding carboxylic acids is 1. The fourth-order valence-electron chi connectivity index (χ4n) is 4.89. The van der Waals surface area contributed by atoms with Crippen LogP contribution in [0.1, 0.15) is 24.1 Å². The summed E-state index contributed by atoms with van der Waals surface area (Å²) in [6.07, 6.45) is 1.70. The number of nitrogens with zero attached hydrogens (tertiary/aromatic N) is 3. The van der Waals surface area contributed by atoms with Crippen LogP contribution in [0.3, 0.4) is 0 Å². The third-order valence-corrected chi connectivity index (χ3v) is 7.78. The second-order valence-corrected chi connectivity index (χ2v) is 10.4. The van der Waals surface area contributed by atoms with Gasteiger partial charge in [0.1, 0.15) is 11.8 Å². The van der Waals surface area contributed by atoms with Crippen LogP contribution in [0.15, 0.2) is 87.8 Å². The molecule has 1 aliphatic heterocycles. The lowest BCUT2D eigenvalue weighted by atomic mass is 9.94. The van der Waals surface area contributed by atoms with Crippen molar-refractivity contribution in [3.63, 3.8) is 0 Å². The van der Waals surface area contributed by atoms with Gasteiger partial charge in [-0.05, 0) is 48.9 Å². The van der Waals surface area contributed by atoms with Crippen molar-refractivity contribution in [2.75, 3.05) is 33.3 Å². The summed E-state index contributed by atoms with van der Waals surface area (Å²) in [5, 5.41) is 11.9. The molecule has 2 heterocycles. The normalized spacial score (nSPS) is 14.3. The Hall–Kier alpha value is -5.34. The molecule has 1 amide bonds. The number of carbonyl (C=O) groups is 1. The Morgan fingerprint density at radius 1 is 1.02 bits per heavy atom. The lowest BCUT2D eigenvalue weighted by molar-refractivity contribution is -0.113. The second-order valence-electron chi connectivity index (χ2n) is 9.35. The Kier molecular flexibility index (Phi) is 8.59. The minimum Gasteiger partial charge on any atom is -0.493 e. The number of allylic oxidation sites excluding steroid dienone is 1. The van der Waals surface area contributed by atoms with Gasteiger partial charge in [0.05, 0.1) is 43.2 Å².